The molecular formula is C90H137N45S9. The standard InChI is InChI=1S/3C11H17N5S.3C10H15N5S.C9H13N5S.C9H15N5S.C9H13N5S/c1-8-9(5-7-17-8)4-6-12-10-13-11(15-14-10)16(2)3;1-8-6-17-7-9(8)4-5-12-10-13-11(15-14-10)16(2)3;1-8-6-9(7-17-8)4-5-12-10-13-11(15-14-10)16(2)3;1-7-8(4-6-16-7)3-5-15(2)10-12-9(11)13-14-10;1-7-5-16-6-8(7)3-4-15(2)10-12-9(11)13-14-10;1-7-5-8(6-16-7)3-4-15(2)10-12-9(11)13-14-10;1-6-7(3-5-15-6)2-4-11-9-12-8(10)13-14-9;1-6-4-15-5-7(6)2-3-11-9-12-8(10)13-14-9;1-6-4-7(5-15-6)2-3-11-9-12-8(10)13-14-9/h5,7H,4,6H2,1-3H3,(H2,12,13,14,15);2*6-7H,4-5H2,1-3H3,(H2,12,13,14,15);4,6H,3,5H2,1-2H3,(H3,11,12,13,14);2*5-6H,3-4H2,1-2H3,(H3,11,12,13,14);3,5H,2,4H2,1H3,(H4,10,11,12,13,14);5-6H,2-4H2,1H3,(H4,10,11,12,13,14);4-5H,2-3H2,1H3,(H4,10,11,12,13,14). The van der Waals surface area contributed by atoms with Gasteiger partial charge in [0.2, 0.25) is 107 Å². The zero-order chi connectivity index (χ0) is 103. The van der Waals surface area contributed by atoms with E-state index in [1.807, 2.05) is 105 Å². The first kappa shape index (κ1) is 112. The summed E-state index contributed by atoms with van der Waals surface area (Å²) in [7, 11) is 17.4. The summed E-state index contributed by atoms with van der Waals surface area (Å²) >= 11 is 16.1. The molecule has 0 aliphatic carbocycles. The molecular weight excluding hydrogens is 2000 g/mol. The van der Waals surface area contributed by atoms with Gasteiger partial charge < -0.3 is 95.7 Å². The maximum absolute atomic E-state index is 5.48. The van der Waals surface area contributed by atoms with Crippen LogP contribution in [0, 0.1) is 61.3 Å². The Bertz CT molecular complexity index is 6220. The smallest absolute Gasteiger partial charge is 0.246 e. The molecule has 18 rings (SSSR count). The molecule has 0 saturated heterocycles. The maximum atomic E-state index is 5.48. The van der Waals surface area contributed by atoms with Crippen molar-refractivity contribution in [1.29, 1.82) is 0 Å². The third-order valence-electron chi connectivity index (χ3n) is 21.3. The number of nitrogens with zero attached hydrogens (tertiary/aromatic N) is 24. The van der Waals surface area contributed by atoms with E-state index in [1.165, 1.54) is 96.2 Å². The number of thioether (sulfide) groups is 1. The quantitative estimate of drug-likeness (QED) is 0.0170. The van der Waals surface area contributed by atoms with Gasteiger partial charge in [0.1, 0.15) is 0 Å². The van der Waals surface area contributed by atoms with Crippen molar-refractivity contribution in [3.8, 4) is 0 Å². The molecule has 27 N–H and O–H groups in total. The Morgan fingerprint density at radius 3 is 0.903 bits per heavy atom. The first-order valence-corrected chi connectivity index (χ1v) is 54.4. The third kappa shape index (κ3) is 39.6. The minimum absolute atomic E-state index is 0.337. The molecule has 0 saturated carbocycles. The average Bonchev–Trinajstić information content (AvgIpc) is 1.76. The summed E-state index contributed by atoms with van der Waals surface area (Å²) in [6.07, 6.45) is 9.00. The fourth-order valence-corrected chi connectivity index (χ4v) is 20.5. The summed E-state index contributed by atoms with van der Waals surface area (Å²) in [5, 5.41) is 103. The third-order valence-corrected chi connectivity index (χ3v) is 29.7. The maximum Gasteiger partial charge on any atom is 0.246 e. The van der Waals surface area contributed by atoms with Gasteiger partial charge in [-0.25, -0.2) is 45.9 Å². The number of aromatic nitrogens is 27. The van der Waals surface area contributed by atoms with Gasteiger partial charge in [0, 0.05) is 157 Å². The molecule has 0 spiro atoms. The van der Waals surface area contributed by atoms with E-state index in [0.29, 0.717) is 95.1 Å². The Morgan fingerprint density at radius 1 is 0.312 bits per heavy atom. The van der Waals surface area contributed by atoms with E-state index < -0.39 is 0 Å². The van der Waals surface area contributed by atoms with Gasteiger partial charge >= 0.3 is 0 Å². The molecule has 0 aromatic carbocycles. The summed E-state index contributed by atoms with van der Waals surface area (Å²) in [5.74, 6) is 11.9. The number of nitrogens with two attached hydrogens (primary N) is 6. The molecule has 1 aliphatic rings. The Morgan fingerprint density at radius 2 is 0.611 bits per heavy atom. The number of aryl methyl sites for hydroxylation is 8. The van der Waals surface area contributed by atoms with Crippen LogP contribution in [0.25, 0.3) is 0 Å². The van der Waals surface area contributed by atoms with Crippen molar-refractivity contribution in [2.24, 2.45) is 5.92 Å². The van der Waals surface area contributed by atoms with E-state index in [2.05, 4.69) is 326 Å². The number of nitrogens with one attached hydrogen (secondary N) is 15. The van der Waals surface area contributed by atoms with Crippen LogP contribution in [0.2, 0.25) is 0 Å². The second-order valence-corrected chi connectivity index (χ2v) is 42.8. The number of aromatic amines is 9. The molecule has 54 heteroatoms. The summed E-state index contributed by atoms with van der Waals surface area (Å²) in [4.78, 5) is 56.7. The van der Waals surface area contributed by atoms with Crippen LogP contribution in [0.3, 0.4) is 0 Å². The van der Waals surface area contributed by atoms with Crippen molar-refractivity contribution in [2.75, 3.05) is 224 Å². The Kier molecular flexibility index (Phi) is 45.9. The fraction of sp³-hybridized carbons (Fsp3) is 0.422. The number of thiophene rings is 8. The summed E-state index contributed by atoms with van der Waals surface area (Å²) in [6.45, 7) is 27.0. The minimum Gasteiger partial charge on any atom is -0.368 e. The Balaban J connectivity index is 0.000000166. The molecule has 45 nitrogen and oxygen atoms in total. The van der Waals surface area contributed by atoms with Crippen molar-refractivity contribution in [2.45, 2.75) is 120 Å². The summed E-state index contributed by atoms with van der Waals surface area (Å²) < 4.78 is 0. The molecule has 1 unspecified atom stereocenters. The lowest BCUT2D eigenvalue weighted by Gasteiger charge is -2.14. The van der Waals surface area contributed by atoms with Crippen molar-refractivity contribution < 1.29 is 0 Å². The van der Waals surface area contributed by atoms with Gasteiger partial charge in [0.25, 0.3) is 0 Å². The molecule has 1 aliphatic heterocycles. The molecule has 0 bridgehead atoms. The van der Waals surface area contributed by atoms with E-state index in [9.17, 15) is 0 Å². The van der Waals surface area contributed by atoms with E-state index in [1.54, 1.807) is 90.7 Å². The zero-order valence-corrected chi connectivity index (χ0v) is 92.0. The topological polar surface area (TPSA) is 622 Å². The molecule has 776 valence electrons. The number of H-pyrrole nitrogens is 9. The summed E-state index contributed by atoms with van der Waals surface area (Å²) in [5.41, 5.74) is 47.9. The lowest BCUT2D eigenvalue weighted by molar-refractivity contribution is 0.744. The molecule has 144 heavy (non-hydrogen) atoms. The molecule has 0 radical (unpaired) electrons. The minimum atomic E-state index is 0.337. The highest BCUT2D eigenvalue weighted by Gasteiger charge is 2.18. The molecule has 17 aromatic rings. The zero-order valence-electron chi connectivity index (χ0n) is 84.7. The first-order chi connectivity index (χ1) is 69.2. The highest BCUT2D eigenvalue weighted by molar-refractivity contribution is 8.02. The Hall–Kier alpha value is -13.7. The second kappa shape index (κ2) is 58.8. The van der Waals surface area contributed by atoms with Gasteiger partial charge in [-0.3, -0.25) is 0 Å². The Labute approximate surface area is 875 Å². The highest BCUT2D eigenvalue weighted by Crippen LogP contribution is 2.31. The van der Waals surface area contributed by atoms with Crippen LogP contribution < -0.4 is 95.7 Å². The van der Waals surface area contributed by atoms with Crippen LogP contribution >= 0.6 is 102 Å². The average molecular weight is 2140 g/mol. The number of rotatable bonds is 39. The van der Waals surface area contributed by atoms with Gasteiger partial charge in [-0.2, -0.15) is 67.5 Å². The van der Waals surface area contributed by atoms with Crippen LogP contribution in [-0.4, -0.2) is 265 Å². The largest absolute Gasteiger partial charge is 0.368 e. The van der Waals surface area contributed by atoms with Crippen molar-refractivity contribution >= 4 is 210 Å². The van der Waals surface area contributed by atoms with Crippen LogP contribution in [0.5, 0.6) is 0 Å². The van der Waals surface area contributed by atoms with Crippen molar-refractivity contribution in [3.05, 3.63) is 186 Å². The van der Waals surface area contributed by atoms with Crippen LogP contribution in [0.4, 0.5) is 107 Å². The number of anilines is 18. The molecule has 1 atom stereocenters. The SMILES string of the molecule is CC1CSC=C1CCNc1n[nH]c(N)n1.Cc1cc(CCN(C)c2n[nH]c(N)n2)cs1.Cc1cc(CCNc2n[nH]c(N)n2)cs1.Cc1cc(CCNc2nc(N(C)C)n[nH]2)cs1.Cc1cscc1CCN(C)c1n[nH]c(N)n1.Cc1cscc1CCNc1nc(N(C)C)n[nH]1.Cc1sccc1CCN(C)c1n[nH]c(N)n1.Cc1sccc1CCNc1n[nH]c(N)n1.Cc1sccc1CCNc1nc(N(C)C)n[nH]1. The van der Waals surface area contributed by atoms with Gasteiger partial charge in [-0.15, -0.1) is 126 Å². The second-order valence-electron chi connectivity index (χ2n) is 33.7. The molecule has 0 amide bonds. The van der Waals surface area contributed by atoms with Crippen molar-refractivity contribution in [3.63, 3.8) is 0 Å². The van der Waals surface area contributed by atoms with Gasteiger partial charge in [0.15, 0.2) is 0 Å². The monoisotopic (exact) mass is 2140 g/mol. The molecule has 17 aromatic heterocycles. The fourth-order valence-electron chi connectivity index (χ4n) is 13.1. The first-order valence-electron chi connectivity index (χ1n) is 46.2. The highest BCUT2D eigenvalue weighted by atomic mass is 32.2. The van der Waals surface area contributed by atoms with Crippen LogP contribution in [0.1, 0.15) is 98.2 Å². The van der Waals surface area contributed by atoms with Gasteiger partial charge in [0.05, 0.1) is 0 Å². The van der Waals surface area contributed by atoms with Crippen LogP contribution in [0.15, 0.2) is 101 Å². The number of nitrogen functional groups attached to an aromatic ring is 6. The summed E-state index contributed by atoms with van der Waals surface area (Å²) in [6, 6.07) is 13.1. The van der Waals surface area contributed by atoms with E-state index in [0.717, 1.165) is 135 Å². The number of hydrogen-bond donors (Lipinski definition) is 21. The van der Waals surface area contributed by atoms with Gasteiger partial charge in [-0.05, 0) is 270 Å². The molecule has 18 heterocycles. The number of likely N-dealkylation sites (N-methyl/N-ethyl adjacent to an activating group) is 3. The number of hydrogen-bond acceptors (Lipinski definition) is 45. The normalized spacial score (nSPS) is 11.6. The predicted octanol–water partition coefficient (Wildman–Crippen LogP) is 14.3. The lowest BCUT2D eigenvalue weighted by Crippen LogP contribution is -2.21. The van der Waals surface area contributed by atoms with E-state index >= 15 is 0 Å². The van der Waals surface area contributed by atoms with Crippen LogP contribution in [-0.2, 0) is 51.4 Å². The molecule has 0 fully saturated rings. The lowest BCUT2D eigenvalue weighted by atomic mass is 10.0. The van der Waals surface area contributed by atoms with Gasteiger partial charge in [-0.1, -0.05) is 12.5 Å². The predicted molar refractivity (Wildman–Crippen MR) is 604 cm³/mol. The van der Waals surface area contributed by atoms with E-state index in [4.69, 9.17) is 34.4 Å². The van der Waals surface area contributed by atoms with E-state index in [-0.39, 0.29) is 0 Å². The van der Waals surface area contributed by atoms with Crippen molar-refractivity contribution in [1.82, 2.24) is 137 Å².